The highest BCUT2D eigenvalue weighted by Gasteiger charge is 2.57. The molecule has 6 nitrogen and oxygen atoms in total. The van der Waals surface area contributed by atoms with E-state index in [2.05, 4.69) is 44.8 Å². The lowest BCUT2D eigenvalue weighted by Crippen LogP contribution is -2.44. The molecule has 3 atom stereocenters. The zero-order valence-corrected chi connectivity index (χ0v) is 16.8. The number of hydrogen-bond acceptors (Lipinski definition) is 4. The molecule has 0 radical (unpaired) electrons. The van der Waals surface area contributed by atoms with Crippen molar-refractivity contribution in [2.45, 2.75) is 31.8 Å². The first-order valence-electron chi connectivity index (χ1n) is 10.3. The smallest absolute Gasteiger partial charge is 0.227 e. The van der Waals surface area contributed by atoms with Crippen LogP contribution in [0, 0.1) is 11.3 Å². The molecule has 0 spiro atoms. The number of nitrogens with zero attached hydrogens (tertiary/aromatic N) is 2. The number of benzene rings is 1. The van der Waals surface area contributed by atoms with Crippen LogP contribution in [-0.2, 0) is 22.6 Å². The monoisotopic (exact) mass is 392 g/mol. The van der Waals surface area contributed by atoms with Crippen molar-refractivity contribution in [3.63, 3.8) is 0 Å². The summed E-state index contributed by atoms with van der Waals surface area (Å²) < 4.78 is 0. The molecule has 2 aromatic rings. The zero-order valence-electron chi connectivity index (χ0n) is 16.8. The number of hydrogen-bond donors (Lipinski definition) is 2. The fourth-order valence-corrected chi connectivity index (χ4v) is 5.11. The van der Waals surface area contributed by atoms with Crippen molar-refractivity contribution in [3.05, 3.63) is 66.0 Å². The summed E-state index contributed by atoms with van der Waals surface area (Å²) in [5, 5.41) is 6.05. The Morgan fingerprint density at radius 1 is 1.14 bits per heavy atom. The van der Waals surface area contributed by atoms with Crippen molar-refractivity contribution >= 4 is 11.8 Å². The van der Waals surface area contributed by atoms with Gasteiger partial charge in [-0.3, -0.25) is 19.5 Å². The van der Waals surface area contributed by atoms with Gasteiger partial charge in [0.1, 0.15) is 0 Å². The molecule has 0 bridgehead atoms. The minimum absolute atomic E-state index is 0.00868. The molecule has 0 unspecified atom stereocenters. The number of fused-ring (bicyclic) bond motifs is 1. The number of amides is 2. The third kappa shape index (κ3) is 4.17. The van der Waals surface area contributed by atoms with Gasteiger partial charge in [-0.25, -0.2) is 0 Å². The molecule has 1 saturated carbocycles. The molecule has 1 aliphatic carbocycles. The standard InChI is InChI=1S/C23H28N4O2/c1-24-22(29)23-13-20(26-21(28)11-17-7-9-25-10-8-17)12-19(23)15-27(16-23)14-18-5-3-2-4-6-18/h2-10,19-20H,11-16H2,1H3,(H,24,29)(H,26,28)/t19-,20-,23-/m0/s1. The molecule has 2 aliphatic rings. The molecule has 6 heteroatoms. The summed E-state index contributed by atoms with van der Waals surface area (Å²) in [6, 6.07) is 14.1. The minimum atomic E-state index is -0.419. The topological polar surface area (TPSA) is 74.3 Å². The maximum absolute atomic E-state index is 12.9. The fourth-order valence-electron chi connectivity index (χ4n) is 5.11. The van der Waals surface area contributed by atoms with Crippen LogP contribution in [0.5, 0.6) is 0 Å². The molecular formula is C23H28N4O2. The van der Waals surface area contributed by atoms with E-state index in [9.17, 15) is 9.59 Å². The molecule has 4 rings (SSSR count). The Bertz CT molecular complexity index is 858. The molecule has 29 heavy (non-hydrogen) atoms. The van der Waals surface area contributed by atoms with Crippen molar-refractivity contribution in [2.24, 2.45) is 11.3 Å². The average Bonchev–Trinajstić information content (AvgIpc) is 3.22. The van der Waals surface area contributed by atoms with Crippen LogP contribution < -0.4 is 10.6 Å². The van der Waals surface area contributed by atoms with E-state index in [1.54, 1.807) is 19.4 Å². The van der Waals surface area contributed by atoms with E-state index >= 15 is 0 Å². The number of carbonyl (C=O) groups excluding carboxylic acids is 2. The van der Waals surface area contributed by atoms with Gasteiger partial charge in [-0.2, -0.15) is 0 Å². The molecule has 2 heterocycles. The van der Waals surface area contributed by atoms with Gasteiger partial charge in [-0.15, -0.1) is 0 Å². The van der Waals surface area contributed by atoms with Gasteiger partial charge in [0.2, 0.25) is 11.8 Å². The van der Waals surface area contributed by atoms with Crippen LogP contribution >= 0.6 is 0 Å². The molecule has 1 aromatic carbocycles. The number of rotatable bonds is 6. The average molecular weight is 393 g/mol. The minimum Gasteiger partial charge on any atom is -0.359 e. The van der Waals surface area contributed by atoms with E-state index in [1.807, 2.05) is 18.2 Å². The van der Waals surface area contributed by atoms with Crippen LogP contribution in [-0.4, -0.2) is 47.9 Å². The third-order valence-electron chi connectivity index (χ3n) is 6.35. The summed E-state index contributed by atoms with van der Waals surface area (Å²) in [5.41, 5.74) is 1.80. The van der Waals surface area contributed by atoms with E-state index < -0.39 is 5.41 Å². The fraction of sp³-hybridized carbons (Fsp3) is 0.435. The molecule has 152 valence electrons. The first kappa shape index (κ1) is 19.6. The summed E-state index contributed by atoms with van der Waals surface area (Å²) in [7, 11) is 1.71. The first-order valence-corrected chi connectivity index (χ1v) is 10.3. The maximum Gasteiger partial charge on any atom is 0.227 e. The number of aromatic nitrogens is 1. The van der Waals surface area contributed by atoms with Crippen LogP contribution in [0.3, 0.4) is 0 Å². The largest absolute Gasteiger partial charge is 0.359 e. The van der Waals surface area contributed by atoms with Gasteiger partial charge in [0, 0.05) is 45.1 Å². The van der Waals surface area contributed by atoms with Crippen LogP contribution in [0.4, 0.5) is 0 Å². The summed E-state index contributed by atoms with van der Waals surface area (Å²) in [4.78, 5) is 31.7. The Morgan fingerprint density at radius 2 is 1.90 bits per heavy atom. The predicted octanol–water partition coefficient (Wildman–Crippen LogP) is 1.77. The van der Waals surface area contributed by atoms with Gasteiger partial charge in [0.25, 0.3) is 0 Å². The van der Waals surface area contributed by atoms with Crippen LogP contribution in [0.15, 0.2) is 54.9 Å². The molecule has 1 aliphatic heterocycles. The van der Waals surface area contributed by atoms with Gasteiger partial charge >= 0.3 is 0 Å². The highest BCUT2D eigenvalue weighted by molar-refractivity contribution is 5.84. The molecule has 1 saturated heterocycles. The van der Waals surface area contributed by atoms with E-state index in [0.717, 1.165) is 31.6 Å². The number of nitrogens with one attached hydrogen (secondary N) is 2. The lowest BCUT2D eigenvalue weighted by Gasteiger charge is -2.27. The molecule has 1 aromatic heterocycles. The number of pyridine rings is 1. The van der Waals surface area contributed by atoms with E-state index in [0.29, 0.717) is 12.8 Å². The molecule has 2 amide bonds. The molecule has 2 N–H and O–H groups in total. The highest BCUT2D eigenvalue weighted by atomic mass is 16.2. The number of likely N-dealkylation sites (tertiary alicyclic amines) is 1. The van der Waals surface area contributed by atoms with Crippen LogP contribution in [0.2, 0.25) is 0 Å². The van der Waals surface area contributed by atoms with Crippen molar-refractivity contribution in [1.29, 1.82) is 0 Å². The van der Waals surface area contributed by atoms with Gasteiger partial charge in [0.05, 0.1) is 11.8 Å². The Balaban J connectivity index is 1.40. The summed E-state index contributed by atoms with van der Waals surface area (Å²) in [5.74, 6) is 0.371. The Kier molecular flexibility index (Phi) is 5.62. The van der Waals surface area contributed by atoms with Gasteiger partial charge in [0.15, 0.2) is 0 Å². The lowest BCUT2D eigenvalue weighted by atomic mass is 9.80. The predicted molar refractivity (Wildman–Crippen MR) is 111 cm³/mol. The van der Waals surface area contributed by atoms with Crippen LogP contribution in [0.1, 0.15) is 24.0 Å². The van der Waals surface area contributed by atoms with Gasteiger partial charge in [-0.1, -0.05) is 30.3 Å². The molecular weight excluding hydrogens is 364 g/mol. The van der Waals surface area contributed by atoms with E-state index in [4.69, 9.17) is 0 Å². The lowest BCUT2D eigenvalue weighted by molar-refractivity contribution is -0.131. The second-order valence-corrected chi connectivity index (χ2v) is 8.32. The van der Waals surface area contributed by atoms with Crippen molar-refractivity contribution in [3.8, 4) is 0 Å². The second-order valence-electron chi connectivity index (χ2n) is 8.32. The maximum atomic E-state index is 12.9. The SMILES string of the molecule is CNC(=O)[C@]12C[C@@H](NC(=O)Cc3ccncc3)C[C@H]1CN(Cc1ccccc1)C2. The zero-order chi connectivity index (χ0) is 20.3. The third-order valence-corrected chi connectivity index (χ3v) is 6.35. The second kappa shape index (κ2) is 8.33. The Labute approximate surface area is 171 Å². The summed E-state index contributed by atoms with van der Waals surface area (Å²) >= 11 is 0. The number of carbonyl (C=O) groups is 2. The van der Waals surface area contributed by atoms with Crippen molar-refractivity contribution in [2.75, 3.05) is 20.1 Å². The summed E-state index contributed by atoms with van der Waals surface area (Å²) in [6.45, 7) is 2.48. The highest BCUT2D eigenvalue weighted by Crippen LogP contribution is 2.49. The first-order chi connectivity index (χ1) is 14.1. The van der Waals surface area contributed by atoms with E-state index in [1.165, 1.54) is 5.56 Å². The van der Waals surface area contributed by atoms with Gasteiger partial charge < -0.3 is 10.6 Å². The molecule has 2 fully saturated rings. The Hall–Kier alpha value is -2.73. The Morgan fingerprint density at radius 3 is 2.62 bits per heavy atom. The van der Waals surface area contributed by atoms with Crippen LogP contribution in [0.25, 0.3) is 0 Å². The van der Waals surface area contributed by atoms with Crippen molar-refractivity contribution in [1.82, 2.24) is 20.5 Å². The summed E-state index contributed by atoms with van der Waals surface area (Å²) in [6.07, 6.45) is 5.29. The van der Waals surface area contributed by atoms with Crippen molar-refractivity contribution < 1.29 is 9.59 Å². The normalized spacial score (nSPS) is 26.1. The quantitative estimate of drug-likeness (QED) is 0.786. The van der Waals surface area contributed by atoms with E-state index in [-0.39, 0.29) is 23.8 Å². The van der Waals surface area contributed by atoms with Gasteiger partial charge in [-0.05, 0) is 42.0 Å².